The molecule has 4 atom stereocenters. The number of aliphatic hydroxyl groups is 3. The van der Waals surface area contributed by atoms with Crippen LogP contribution in [-0.2, 0) is 16.1 Å². The minimum atomic E-state index is -1.28. The summed E-state index contributed by atoms with van der Waals surface area (Å²) in [4.78, 5) is 22.9. The molecule has 0 saturated carbocycles. The maximum absolute atomic E-state index is 12.0. The van der Waals surface area contributed by atoms with Gasteiger partial charge in [0, 0.05) is 6.61 Å². The first-order valence-corrected chi connectivity index (χ1v) is 7.22. The van der Waals surface area contributed by atoms with Gasteiger partial charge in [-0.25, -0.2) is 9.97 Å². The van der Waals surface area contributed by atoms with Gasteiger partial charge in [0.1, 0.15) is 30.7 Å². The number of H-pyrrole nitrogens is 1. The summed E-state index contributed by atoms with van der Waals surface area (Å²) in [5, 5.41) is 29.1. The molecule has 0 radical (unpaired) electrons. The van der Waals surface area contributed by atoms with E-state index in [0.29, 0.717) is 12.4 Å². The fourth-order valence-electron chi connectivity index (χ4n) is 2.53. The average molecular weight is 326 g/mol. The lowest BCUT2D eigenvalue weighted by Gasteiger charge is -2.16. The maximum Gasteiger partial charge on any atom is 0.279 e. The highest BCUT2D eigenvalue weighted by Gasteiger charge is 2.44. The summed E-state index contributed by atoms with van der Waals surface area (Å²) in [6, 6.07) is 0. The van der Waals surface area contributed by atoms with Crippen LogP contribution in [0.5, 0.6) is 0 Å². The van der Waals surface area contributed by atoms with Crippen LogP contribution in [0, 0.1) is 0 Å². The van der Waals surface area contributed by atoms with Crippen molar-refractivity contribution in [2.24, 2.45) is 0 Å². The minimum absolute atomic E-state index is 0.0861. The Morgan fingerprint density at radius 3 is 2.87 bits per heavy atom. The van der Waals surface area contributed by atoms with Crippen LogP contribution in [0.25, 0.3) is 11.2 Å². The van der Waals surface area contributed by atoms with Crippen molar-refractivity contribution in [1.82, 2.24) is 19.5 Å². The van der Waals surface area contributed by atoms with E-state index < -0.39 is 36.7 Å². The number of hydrogen-bond acceptors (Lipinski definition) is 8. The normalized spacial score (nSPS) is 27.8. The van der Waals surface area contributed by atoms with E-state index in [-0.39, 0.29) is 17.8 Å². The smallest absolute Gasteiger partial charge is 0.279 e. The Morgan fingerprint density at radius 1 is 1.43 bits per heavy atom. The SMILES string of the molecule is CCOCc1nc2c(ncn2[C@H]2O[C@@H](CO)[C@H](O)[C@@H]2O)c(=O)[nH]1. The predicted molar refractivity (Wildman–Crippen MR) is 76.5 cm³/mol. The van der Waals surface area contributed by atoms with Crippen molar-refractivity contribution < 1.29 is 24.8 Å². The molecule has 0 unspecified atom stereocenters. The van der Waals surface area contributed by atoms with Gasteiger partial charge in [0.2, 0.25) is 0 Å². The van der Waals surface area contributed by atoms with Crippen LogP contribution in [-0.4, -0.2) is 66.4 Å². The number of aromatic nitrogens is 4. The number of ether oxygens (including phenoxy) is 2. The number of nitrogens with one attached hydrogen (secondary N) is 1. The van der Waals surface area contributed by atoms with Crippen molar-refractivity contribution in [3.05, 3.63) is 22.5 Å². The highest BCUT2D eigenvalue weighted by atomic mass is 16.6. The molecule has 0 aliphatic carbocycles. The standard InChI is InChI=1S/C13H18N4O6/c1-2-22-4-7-15-11-8(12(21)16-7)14-5-17(11)13-10(20)9(19)6(3-18)23-13/h5-6,9-10,13,18-20H,2-4H2,1H3,(H,15,16,21)/t6-,9-,10-,13-/m0/s1. The summed E-state index contributed by atoms with van der Waals surface area (Å²) >= 11 is 0. The van der Waals surface area contributed by atoms with Gasteiger partial charge in [0.25, 0.3) is 5.56 Å². The molecule has 2 aromatic heterocycles. The van der Waals surface area contributed by atoms with Gasteiger partial charge >= 0.3 is 0 Å². The molecule has 3 heterocycles. The van der Waals surface area contributed by atoms with Gasteiger partial charge in [-0.15, -0.1) is 0 Å². The number of imidazole rings is 1. The molecule has 0 spiro atoms. The second-order valence-electron chi connectivity index (χ2n) is 5.20. The van der Waals surface area contributed by atoms with Gasteiger partial charge in [0.05, 0.1) is 12.9 Å². The zero-order valence-electron chi connectivity index (χ0n) is 12.4. The van der Waals surface area contributed by atoms with E-state index in [1.54, 1.807) is 0 Å². The van der Waals surface area contributed by atoms with Crippen LogP contribution in [0.3, 0.4) is 0 Å². The molecular formula is C13H18N4O6. The quantitative estimate of drug-likeness (QED) is 0.507. The highest BCUT2D eigenvalue weighted by molar-refractivity contribution is 5.69. The van der Waals surface area contributed by atoms with Crippen molar-refractivity contribution in [1.29, 1.82) is 0 Å². The summed E-state index contributed by atoms with van der Waals surface area (Å²) in [5.74, 6) is 0.317. The largest absolute Gasteiger partial charge is 0.394 e. The molecule has 4 N–H and O–H groups in total. The monoisotopic (exact) mass is 326 g/mol. The molecule has 126 valence electrons. The molecule has 0 aromatic carbocycles. The number of hydrogen-bond donors (Lipinski definition) is 4. The van der Waals surface area contributed by atoms with Gasteiger partial charge in [-0.2, -0.15) is 0 Å². The molecule has 0 bridgehead atoms. The molecule has 0 amide bonds. The van der Waals surface area contributed by atoms with E-state index in [2.05, 4.69) is 15.0 Å². The lowest BCUT2D eigenvalue weighted by molar-refractivity contribution is -0.0511. The van der Waals surface area contributed by atoms with Gasteiger partial charge < -0.3 is 29.8 Å². The first-order chi connectivity index (χ1) is 11.1. The Bertz CT molecular complexity index is 744. The second kappa shape index (κ2) is 6.34. The number of nitrogens with zero attached hydrogens (tertiary/aromatic N) is 3. The highest BCUT2D eigenvalue weighted by Crippen LogP contribution is 2.30. The summed E-state index contributed by atoms with van der Waals surface area (Å²) in [7, 11) is 0. The Hall–Kier alpha value is -1.85. The van der Waals surface area contributed by atoms with Crippen LogP contribution < -0.4 is 5.56 Å². The van der Waals surface area contributed by atoms with E-state index in [1.807, 2.05) is 6.92 Å². The molecule has 1 saturated heterocycles. The van der Waals surface area contributed by atoms with E-state index in [1.165, 1.54) is 10.9 Å². The summed E-state index contributed by atoms with van der Waals surface area (Å²) < 4.78 is 12.0. The van der Waals surface area contributed by atoms with Crippen LogP contribution in [0.4, 0.5) is 0 Å². The number of aliphatic hydroxyl groups excluding tert-OH is 3. The van der Waals surface area contributed by atoms with Crippen LogP contribution in [0.1, 0.15) is 19.0 Å². The molecule has 1 aliphatic rings. The van der Waals surface area contributed by atoms with Crippen molar-refractivity contribution >= 4 is 11.2 Å². The third kappa shape index (κ3) is 2.75. The second-order valence-corrected chi connectivity index (χ2v) is 5.20. The molecule has 23 heavy (non-hydrogen) atoms. The first kappa shape index (κ1) is 16.0. The minimum Gasteiger partial charge on any atom is -0.394 e. The molecule has 10 heteroatoms. The zero-order valence-corrected chi connectivity index (χ0v) is 12.4. The van der Waals surface area contributed by atoms with E-state index in [9.17, 15) is 15.0 Å². The topological polar surface area (TPSA) is 143 Å². The van der Waals surface area contributed by atoms with Crippen molar-refractivity contribution in [2.75, 3.05) is 13.2 Å². The van der Waals surface area contributed by atoms with Crippen molar-refractivity contribution in [3.8, 4) is 0 Å². The average Bonchev–Trinajstić information content (AvgIpc) is 3.08. The summed E-state index contributed by atoms with van der Waals surface area (Å²) in [6.07, 6.45) is -3.13. The number of fused-ring (bicyclic) bond motifs is 1. The predicted octanol–water partition coefficient (Wildman–Crippen LogP) is -1.73. The lowest BCUT2D eigenvalue weighted by atomic mass is 10.1. The van der Waals surface area contributed by atoms with Crippen LogP contribution >= 0.6 is 0 Å². The summed E-state index contributed by atoms with van der Waals surface area (Å²) in [5.41, 5.74) is -0.142. The molecule has 2 aromatic rings. The van der Waals surface area contributed by atoms with E-state index >= 15 is 0 Å². The maximum atomic E-state index is 12.0. The fraction of sp³-hybridized carbons (Fsp3) is 0.615. The van der Waals surface area contributed by atoms with E-state index in [4.69, 9.17) is 14.6 Å². The molecule has 10 nitrogen and oxygen atoms in total. The lowest BCUT2D eigenvalue weighted by Crippen LogP contribution is -2.33. The Morgan fingerprint density at radius 2 is 2.22 bits per heavy atom. The van der Waals surface area contributed by atoms with Gasteiger partial charge in [-0.05, 0) is 6.92 Å². The van der Waals surface area contributed by atoms with Crippen molar-refractivity contribution in [2.45, 2.75) is 38.1 Å². The molecule has 1 aliphatic heterocycles. The van der Waals surface area contributed by atoms with Crippen LogP contribution in [0.2, 0.25) is 0 Å². The summed E-state index contributed by atoms with van der Waals surface area (Å²) in [6.45, 7) is 1.98. The van der Waals surface area contributed by atoms with Gasteiger partial charge in [-0.3, -0.25) is 9.36 Å². The zero-order chi connectivity index (χ0) is 16.6. The molecular weight excluding hydrogens is 308 g/mol. The third-order valence-electron chi connectivity index (χ3n) is 3.72. The molecule has 3 rings (SSSR count). The van der Waals surface area contributed by atoms with Crippen LogP contribution in [0.15, 0.2) is 11.1 Å². The number of rotatable bonds is 5. The van der Waals surface area contributed by atoms with Crippen molar-refractivity contribution in [3.63, 3.8) is 0 Å². The Kier molecular flexibility index (Phi) is 4.41. The first-order valence-electron chi connectivity index (χ1n) is 7.22. The van der Waals surface area contributed by atoms with Gasteiger partial charge in [0.15, 0.2) is 17.4 Å². The number of aromatic amines is 1. The molecule has 1 fully saturated rings. The third-order valence-corrected chi connectivity index (χ3v) is 3.72. The Balaban J connectivity index is 2.01. The van der Waals surface area contributed by atoms with E-state index in [0.717, 1.165) is 0 Å². The fourth-order valence-corrected chi connectivity index (χ4v) is 2.53. The van der Waals surface area contributed by atoms with Gasteiger partial charge in [-0.1, -0.05) is 0 Å². The Labute approximate surface area is 130 Å².